The summed E-state index contributed by atoms with van der Waals surface area (Å²) in [6.07, 6.45) is 1.81. The van der Waals surface area contributed by atoms with Gasteiger partial charge in [0.1, 0.15) is 5.82 Å². The van der Waals surface area contributed by atoms with Gasteiger partial charge in [0.15, 0.2) is 0 Å². The Kier molecular flexibility index (Phi) is 3.96. The lowest BCUT2D eigenvalue weighted by Gasteiger charge is -2.04. The van der Waals surface area contributed by atoms with Crippen LogP contribution in [-0.4, -0.2) is 15.2 Å². The first-order chi connectivity index (χ1) is 10.3. The molecule has 0 fully saturated rings. The number of aryl methyl sites for hydroxylation is 3. The van der Waals surface area contributed by atoms with Crippen LogP contribution in [0.15, 0.2) is 54.6 Å². The van der Waals surface area contributed by atoms with Gasteiger partial charge in [-0.3, -0.25) is 5.10 Å². The minimum absolute atomic E-state index is 0.618. The molecule has 0 aliphatic carbocycles. The molecule has 1 aromatic heterocycles. The van der Waals surface area contributed by atoms with Gasteiger partial charge in [0.25, 0.3) is 0 Å². The first-order valence-corrected chi connectivity index (χ1v) is 7.09. The van der Waals surface area contributed by atoms with Crippen LogP contribution < -0.4 is 5.32 Å². The van der Waals surface area contributed by atoms with Crippen LogP contribution in [0.2, 0.25) is 0 Å². The molecule has 3 rings (SSSR count). The minimum atomic E-state index is 0.618. The predicted molar refractivity (Wildman–Crippen MR) is 84.7 cm³/mol. The second kappa shape index (κ2) is 6.22. The Morgan fingerprint density at radius 1 is 0.952 bits per heavy atom. The molecule has 3 aromatic rings. The van der Waals surface area contributed by atoms with Gasteiger partial charge in [-0.15, -0.1) is 5.10 Å². The number of anilines is 2. The van der Waals surface area contributed by atoms with Gasteiger partial charge in [0.2, 0.25) is 5.95 Å². The van der Waals surface area contributed by atoms with E-state index in [1.807, 2.05) is 24.3 Å². The van der Waals surface area contributed by atoms with Crippen molar-refractivity contribution in [3.63, 3.8) is 0 Å². The number of rotatable bonds is 5. The molecule has 2 aromatic carbocycles. The highest BCUT2D eigenvalue weighted by molar-refractivity contribution is 5.57. The van der Waals surface area contributed by atoms with Gasteiger partial charge in [-0.2, -0.15) is 4.98 Å². The van der Waals surface area contributed by atoms with Gasteiger partial charge in [-0.05, 0) is 30.5 Å². The van der Waals surface area contributed by atoms with Crippen molar-refractivity contribution in [3.8, 4) is 0 Å². The van der Waals surface area contributed by atoms with Crippen molar-refractivity contribution in [1.82, 2.24) is 15.2 Å². The molecule has 4 heteroatoms. The zero-order valence-corrected chi connectivity index (χ0v) is 12.0. The van der Waals surface area contributed by atoms with Crippen LogP contribution >= 0.6 is 0 Å². The summed E-state index contributed by atoms with van der Waals surface area (Å²) >= 11 is 0. The second-order valence-corrected chi connectivity index (χ2v) is 5.03. The van der Waals surface area contributed by atoms with Crippen LogP contribution in [0.4, 0.5) is 11.6 Å². The van der Waals surface area contributed by atoms with Crippen LogP contribution in [0.25, 0.3) is 0 Å². The maximum atomic E-state index is 4.48. The molecule has 0 unspecified atom stereocenters. The summed E-state index contributed by atoms with van der Waals surface area (Å²) in [4.78, 5) is 4.48. The number of H-pyrrole nitrogens is 1. The topological polar surface area (TPSA) is 53.6 Å². The molecule has 0 saturated heterocycles. The van der Waals surface area contributed by atoms with E-state index in [9.17, 15) is 0 Å². The van der Waals surface area contributed by atoms with E-state index in [1.165, 1.54) is 11.1 Å². The van der Waals surface area contributed by atoms with Crippen molar-refractivity contribution < 1.29 is 0 Å². The Hall–Kier alpha value is -2.62. The summed E-state index contributed by atoms with van der Waals surface area (Å²) in [6, 6.07) is 18.5. The number of hydrogen-bond acceptors (Lipinski definition) is 3. The van der Waals surface area contributed by atoms with Gasteiger partial charge in [0.05, 0.1) is 0 Å². The zero-order valence-electron chi connectivity index (χ0n) is 12.0. The summed E-state index contributed by atoms with van der Waals surface area (Å²) < 4.78 is 0. The molecule has 0 aliphatic heterocycles. The summed E-state index contributed by atoms with van der Waals surface area (Å²) in [5.41, 5.74) is 3.52. The fourth-order valence-electron chi connectivity index (χ4n) is 2.20. The van der Waals surface area contributed by atoms with E-state index >= 15 is 0 Å². The maximum Gasteiger partial charge on any atom is 0.246 e. The molecule has 21 heavy (non-hydrogen) atoms. The summed E-state index contributed by atoms with van der Waals surface area (Å²) in [6.45, 7) is 2.06. The van der Waals surface area contributed by atoms with Crippen LogP contribution in [0.1, 0.15) is 17.0 Å². The van der Waals surface area contributed by atoms with Crippen LogP contribution in [0.3, 0.4) is 0 Å². The summed E-state index contributed by atoms with van der Waals surface area (Å²) in [5, 5.41) is 10.4. The third-order valence-corrected chi connectivity index (χ3v) is 3.42. The molecule has 1 heterocycles. The second-order valence-electron chi connectivity index (χ2n) is 5.03. The highest BCUT2D eigenvalue weighted by atomic mass is 15.3. The molecule has 2 N–H and O–H groups in total. The lowest BCUT2D eigenvalue weighted by molar-refractivity contribution is 0.865. The fraction of sp³-hybridized carbons (Fsp3) is 0.176. The number of hydrogen-bond donors (Lipinski definition) is 2. The average molecular weight is 278 g/mol. The molecular weight excluding hydrogens is 260 g/mol. The first-order valence-electron chi connectivity index (χ1n) is 7.09. The Labute approximate surface area is 124 Å². The molecule has 0 spiro atoms. The van der Waals surface area contributed by atoms with Gasteiger partial charge in [-0.1, -0.05) is 48.5 Å². The van der Waals surface area contributed by atoms with E-state index in [4.69, 9.17) is 0 Å². The minimum Gasteiger partial charge on any atom is -0.323 e. The van der Waals surface area contributed by atoms with Gasteiger partial charge in [-0.25, -0.2) is 0 Å². The van der Waals surface area contributed by atoms with Crippen molar-refractivity contribution in [2.75, 3.05) is 5.32 Å². The molecule has 4 nitrogen and oxygen atoms in total. The molecule has 0 bridgehead atoms. The van der Waals surface area contributed by atoms with E-state index in [-0.39, 0.29) is 0 Å². The van der Waals surface area contributed by atoms with E-state index in [0.717, 1.165) is 24.4 Å². The molecular formula is C17H18N4. The van der Waals surface area contributed by atoms with Crippen LogP contribution in [-0.2, 0) is 12.8 Å². The van der Waals surface area contributed by atoms with Gasteiger partial charge >= 0.3 is 0 Å². The first kappa shape index (κ1) is 13.4. The molecule has 0 amide bonds. The SMILES string of the molecule is Cc1ccccc1Nc1n[nH]c(CCc2ccccc2)n1. The molecule has 0 saturated carbocycles. The number of aromatic nitrogens is 3. The highest BCUT2D eigenvalue weighted by Gasteiger charge is 2.05. The van der Waals surface area contributed by atoms with Crippen LogP contribution in [0.5, 0.6) is 0 Å². The largest absolute Gasteiger partial charge is 0.323 e. The zero-order chi connectivity index (χ0) is 14.5. The summed E-state index contributed by atoms with van der Waals surface area (Å²) in [5.74, 6) is 1.52. The standard InChI is InChI=1S/C17H18N4/c1-13-7-5-6-10-15(13)18-17-19-16(20-21-17)12-11-14-8-3-2-4-9-14/h2-10H,11-12H2,1H3,(H2,18,19,20,21). The number of nitrogens with zero attached hydrogens (tertiary/aromatic N) is 2. The summed E-state index contributed by atoms with van der Waals surface area (Å²) in [7, 11) is 0. The molecule has 0 atom stereocenters. The van der Waals surface area contributed by atoms with Gasteiger partial charge < -0.3 is 5.32 Å². The molecule has 0 radical (unpaired) electrons. The van der Waals surface area contributed by atoms with Gasteiger partial charge in [0, 0.05) is 12.1 Å². The third-order valence-electron chi connectivity index (χ3n) is 3.42. The van der Waals surface area contributed by atoms with Crippen molar-refractivity contribution in [1.29, 1.82) is 0 Å². The van der Waals surface area contributed by atoms with E-state index in [2.05, 4.69) is 57.8 Å². The van der Waals surface area contributed by atoms with E-state index in [1.54, 1.807) is 0 Å². The Morgan fingerprint density at radius 2 is 1.71 bits per heavy atom. The molecule has 0 aliphatic rings. The lowest BCUT2D eigenvalue weighted by atomic mass is 10.1. The lowest BCUT2D eigenvalue weighted by Crippen LogP contribution is -1.95. The number of para-hydroxylation sites is 1. The average Bonchev–Trinajstić information content (AvgIpc) is 2.96. The fourth-order valence-corrected chi connectivity index (χ4v) is 2.20. The van der Waals surface area contributed by atoms with E-state index < -0.39 is 0 Å². The number of nitrogens with one attached hydrogen (secondary N) is 2. The Morgan fingerprint density at radius 3 is 2.52 bits per heavy atom. The normalized spacial score (nSPS) is 10.5. The van der Waals surface area contributed by atoms with E-state index in [0.29, 0.717) is 5.95 Å². The Bertz CT molecular complexity index is 704. The van der Waals surface area contributed by atoms with Crippen molar-refractivity contribution in [2.24, 2.45) is 0 Å². The number of aromatic amines is 1. The monoisotopic (exact) mass is 278 g/mol. The quantitative estimate of drug-likeness (QED) is 0.749. The predicted octanol–water partition coefficient (Wildman–Crippen LogP) is 3.64. The molecule has 106 valence electrons. The maximum absolute atomic E-state index is 4.48. The van der Waals surface area contributed by atoms with Crippen molar-refractivity contribution in [2.45, 2.75) is 19.8 Å². The number of benzene rings is 2. The highest BCUT2D eigenvalue weighted by Crippen LogP contribution is 2.17. The van der Waals surface area contributed by atoms with Crippen molar-refractivity contribution in [3.05, 3.63) is 71.5 Å². The smallest absolute Gasteiger partial charge is 0.246 e. The Balaban J connectivity index is 1.63. The van der Waals surface area contributed by atoms with Crippen LogP contribution in [0, 0.1) is 6.92 Å². The third kappa shape index (κ3) is 3.48. The van der Waals surface area contributed by atoms with Crippen molar-refractivity contribution >= 4 is 11.6 Å².